The summed E-state index contributed by atoms with van der Waals surface area (Å²) in [5.41, 5.74) is 0.872. The minimum absolute atomic E-state index is 0.128. The molecular weight excluding hydrogens is 459 g/mol. The Balaban J connectivity index is 1.28. The maximum Gasteiger partial charge on any atom is 0.416 e. The Labute approximate surface area is 202 Å². The van der Waals surface area contributed by atoms with Crippen LogP contribution in [0.5, 0.6) is 0 Å². The highest BCUT2D eigenvalue weighted by atomic mass is 19.4. The Morgan fingerprint density at radius 3 is 2.49 bits per heavy atom. The molecule has 35 heavy (non-hydrogen) atoms. The zero-order valence-electron chi connectivity index (χ0n) is 19.9. The molecule has 2 aromatic rings. The molecule has 3 saturated heterocycles. The fourth-order valence-electron chi connectivity index (χ4n) is 5.75. The third kappa shape index (κ3) is 4.80. The van der Waals surface area contributed by atoms with Crippen LogP contribution in [0.4, 0.5) is 23.7 Å². The lowest BCUT2D eigenvalue weighted by Gasteiger charge is -2.26. The normalized spacial score (nSPS) is 23.1. The molecule has 7 nitrogen and oxygen atoms in total. The Morgan fingerprint density at radius 2 is 1.80 bits per heavy atom. The van der Waals surface area contributed by atoms with Crippen LogP contribution < -0.4 is 4.90 Å². The second-order valence-corrected chi connectivity index (χ2v) is 10.2. The highest BCUT2D eigenvalue weighted by molar-refractivity contribution is 5.94. The lowest BCUT2D eigenvalue weighted by atomic mass is 9.86. The summed E-state index contributed by atoms with van der Waals surface area (Å²) in [6, 6.07) is 4.26. The van der Waals surface area contributed by atoms with Crippen molar-refractivity contribution in [1.82, 2.24) is 19.6 Å². The number of anilines is 1. The van der Waals surface area contributed by atoms with Gasteiger partial charge in [0, 0.05) is 56.6 Å². The number of halogens is 3. The summed E-state index contributed by atoms with van der Waals surface area (Å²) in [4.78, 5) is 30.4. The number of benzene rings is 1. The lowest BCUT2D eigenvalue weighted by Crippen LogP contribution is -2.36. The van der Waals surface area contributed by atoms with Crippen LogP contribution in [0.25, 0.3) is 0 Å². The van der Waals surface area contributed by atoms with Gasteiger partial charge in [-0.15, -0.1) is 0 Å². The second kappa shape index (κ2) is 8.96. The molecule has 1 aromatic carbocycles. The van der Waals surface area contributed by atoms with Crippen LogP contribution in [-0.4, -0.2) is 70.7 Å². The molecule has 1 unspecified atom stereocenters. The van der Waals surface area contributed by atoms with Gasteiger partial charge in [-0.25, -0.2) is 4.79 Å². The average molecular weight is 490 g/mol. The number of hydrogen-bond donors (Lipinski definition) is 0. The molecule has 5 rings (SSSR count). The number of carbonyl (C=O) groups excluding carboxylic acids is 2. The van der Waals surface area contributed by atoms with E-state index in [0.717, 1.165) is 44.5 Å². The number of rotatable bonds is 4. The molecular formula is C25H30F3N5O2. The second-order valence-electron chi connectivity index (χ2n) is 10.2. The number of amides is 1. The highest BCUT2D eigenvalue weighted by Gasteiger charge is 2.45. The van der Waals surface area contributed by atoms with E-state index in [1.807, 2.05) is 0 Å². The third-order valence-electron chi connectivity index (χ3n) is 7.67. The standard InChI is InChI=1S/C25H30F3N5O2/c1-18(34)20-13-29-33(15-20)23(35)32-11-7-24(17-32)6-10-30(16-24)14-19-12-21(31-8-2-3-9-31)4-5-22(19)25(26,27)28/h4-5,12-13,15H,2-3,6-11,14,16-17H2,1H3. The van der Waals surface area contributed by atoms with E-state index in [9.17, 15) is 22.8 Å². The van der Waals surface area contributed by atoms with Crippen molar-refractivity contribution in [2.45, 2.75) is 45.3 Å². The number of hydrogen-bond acceptors (Lipinski definition) is 5. The van der Waals surface area contributed by atoms with Crippen molar-refractivity contribution in [1.29, 1.82) is 0 Å². The van der Waals surface area contributed by atoms with E-state index < -0.39 is 11.7 Å². The zero-order valence-corrected chi connectivity index (χ0v) is 19.9. The van der Waals surface area contributed by atoms with Crippen molar-refractivity contribution in [3.8, 4) is 0 Å². The van der Waals surface area contributed by atoms with E-state index in [1.54, 1.807) is 17.0 Å². The van der Waals surface area contributed by atoms with E-state index in [2.05, 4.69) is 14.9 Å². The Hall–Kier alpha value is -2.88. The first-order chi connectivity index (χ1) is 16.6. The summed E-state index contributed by atoms with van der Waals surface area (Å²) in [5.74, 6) is -0.152. The predicted molar refractivity (Wildman–Crippen MR) is 124 cm³/mol. The van der Waals surface area contributed by atoms with Gasteiger partial charge in [0.2, 0.25) is 0 Å². The summed E-state index contributed by atoms with van der Waals surface area (Å²) < 4.78 is 42.5. The van der Waals surface area contributed by atoms with E-state index >= 15 is 0 Å². The zero-order chi connectivity index (χ0) is 24.8. The molecule has 1 atom stereocenters. The predicted octanol–water partition coefficient (Wildman–Crippen LogP) is 4.27. The third-order valence-corrected chi connectivity index (χ3v) is 7.67. The smallest absolute Gasteiger partial charge is 0.372 e. The molecule has 0 N–H and O–H groups in total. The van der Waals surface area contributed by atoms with E-state index in [1.165, 1.54) is 30.1 Å². The minimum atomic E-state index is -4.39. The molecule has 188 valence electrons. The fraction of sp³-hybridized carbons (Fsp3) is 0.560. The molecule has 10 heteroatoms. The van der Waals surface area contributed by atoms with Crippen LogP contribution in [0.2, 0.25) is 0 Å². The van der Waals surface area contributed by atoms with Crippen molar-refractivity contribution in [2.75, 3.05) is 44.2 Å². The van der Waals surface area contributed by atoms with Crippen LogP contribution >= 0.6 is 0 Å². The van der Waals surface area contributed by atoms with Gasteiger partial charge in [-0.1, -0.05) is 0 Å². The number of likely N-dealkylation sites (tertiary alicyclic amines) is 2. The van der Waals surface area contributed by atoms with E-state index in [0.29, 0.717) is 37.3 Å². The van der Waals surface area contributed by atoms with Crippen molar-refractivity contribution >= 4 is 17.5 Å². The van der Waals surface area contributed by atoms with E-state index in [-0.39, 0.29) is 23.8 Å². The highest BCUT2D eigenvalue weighted by Crippen LogP contribution is 2.41. The number of ketones is 1. The first kappa shape index (κ1) is 23.8. The first-order valence-corrected chi connectivity index (χ1v) is 12.2. The molecule has 0 bridgehead atoms. The molecule has 1 spiro atoms. The number of nitrogens with zero attached hydrogens (tertiary/aromatic N) is 5. The molecule has 3 fully saturated rings. The largest absolute Gasteiger partial charge is 0.416 e. The summed E-state index contributed by atoms with van der Waals surface area (Å²) in [6.45, 7) is 5.89. The topological polar surface area (TPSA) is 61.7 Å². The molecule has 3 aliphatic heterocycles. The van der Waals surface area contributed by atoms with Crippen LogP contribution in [0.1, 0.15) is 54.1 Å². The van der Waals surface area contributed by atoms with Crippen LogP contribution in [0.3, 0.4) is 0 Å². The SMILES string of the molecule is CC(=O)c1cnn(C(=O)N2CCC3(CCN(Cc4cc(N5CCCC5)ccc4C(F)(F)F)C3)C2)c1. The molecule has 0 aliphatic carbocycles. The number of aromatic nitrogens is 2. The van der Waals surface area contributed by atoms with Gasteiger partial charge in [0.25, 0.3) is 0 Å². The van der Waals surface area contributed by atoms with Gasteiger partial charge in [-0.05, 0) is 62.9 Å². The van der Waals surface area contributed by atoms with Gasteiger partial charge in [0.1, 0.15) is 0 Å². The Morgan fingerprint density at radius 1 is 1.06 bits per heavy atom. The van der Waals surface area contributed by atoms with Crippen LogP contribution in [0.15, 0.2) is 30.6 Å². The Bertz CT molecular complexity index is 1120. The number of carbonyl (C=O) groups is 2. The van der Waals surface area contributed by atoms with Crippen LogP contribution in [0, 0.1) is 5.41 Å². The van der Waals surface area contributed by atoms with Gasteiger partial charge in [-0.2, -0.15) is 23.0 Å². The van der Waals surface area contributed by atoms with Crippen molar-refractivity contribution in [2.24, 2.45) is 5.41 Å². The van der Waals surface area contributed by atoms with Gasteiger partial charge < -0.3 is 9.80 Å². The van der Waals surface area contributed by atoms with Gasteiger partial charge in [0.05, 0.1) is 17.3 Å². The van der Waals surface area contributed by atoms with Crippen LogP contribution in [-0.2, 0) is 12.7 Å². The van der Waals surface area contributed by atoms with Crippen molar-refractivity contribution in [3.05, 3.63) is 47.3 Å². The molecule has 1 amide bonds. The summed E-state index contributed by atoms with van der Waals surface area (Å²) in [6.07, 6.45) is 2.21. The summed E-state index contributed by atoms with van der Waals surface area (Å²) in [7, 11) is 0. The monoisotopic (exact) mass is 489 g/mol. The fourth-order valence-corrected chi connectivity index (χ4v) is 5.75. The molecule has 0 radical (unpaired) electrons. The summed E-state index contributed by atoms with van der Waals surface area (Å²) >= 11 is 0. The average Bonchev–Trinajstić information content (AvgIpc) is 3.61. The van der Waals surface area contributed by atoms with Gasteiger partial charge >= 0.3 is 12.2 Å². The molecule has 3 aliphatic rings. The van der Waals surface area contributed by atoms with Gasteiger partial charge in [0.15, 0.2) is 5.78 Å². The van der Waals surface area contributed by atoms with Crippen molar-refractivity contribution < 1.29 is 22.8 Å². The molecule has 0 saturated carbocycles. The quantitative estimate of drug-likeness (QED) is 0.601. The Kier molecular flexibility index (Phi) is 6.11. The number of alkyl halides is 3. The van der Waals surface area contributed by atoms with Crippen molar-refractivity contribution in [3.63, 3.8) is 0 Å². The molecule has 4 heterocycles. The maximum atomic E-state index is 13.8. The lowest BCUT2D eigenvalue weighted by molar-refractivity contribution is -0.138. The first-order valence-electron chi connectivity index (χ1n) is 12.2. The summed E-state index contributed by atoms with van der Waals surface area (Å²) in [5, 5.41) is 4.03. The molecule has 1 aromatic heterocycles. The number of Topliss-reactive ketones (excluding diaryl/α,β-unsaturated/α-hetero) is 1. The van der Waals surface area contributed by atoms with E-state index in [4.69, 9.17) is 0 Å². The van der Waals surface area contributed by atoms with Gasteiger partial charge in [-0.3, -0.25) is 9.69 Å². The maximum absolute atomic E-state index is 13.8. The minimum Gasteiger partial charge on any atom is -0.372 e.